The van der Waals surface area contributed by atoms with Gasteiger partial charge in [-0.15, -0.1) is 13.2 Å². The number of likely N-dealkylation sites (tertiary alicyclic amines) is 1. The average molecular weight is 495 g/mol. The van der Waals surface area contributed by atoms with Crippen LogP contribution in [0.2, 0.25) is 0 Å². The smallest absolute Gasteiger partial charge is 0.406 e. The molecule has 6 nitrogen and oxygen atoms in total. The summed E-state index contributed by atoms with van der Waals surface area (Å²) in [7, 11) is 2.13. The molecule has 0 bridgehead atoms. The molecule has 0 radical (unpaired) electrons. The zero-order valence-electron chi connectivity index (χ0n) is 19.6. The number of nitrogens with zero attached hydrogens (tertiary/aromatic N) is 2. The molecule has 2 aromatic carbocycles. The third-order valence-corrected chi connectivity index (χ3v) is 6.48. The van der Waals surface area contributed by atoms with Gasteiger partial charge in [-0.2, -0.15) is 0 Å². The maximum atomic E-state index is 12.7. The summed E-state index contributed by atoms with van der Waals surface area (Å²) in [5, 5.41) is 4.21. The molecule has 0 spiro atoms. The van der Waals surface area contributed by atoms with Gasteiger partial charge in [0.25, 0.3) is 5.56 Å². The Balaban J connectivity index is 1.48. The van der Waals surface area contributed by atoms with Crippen LogP contribution in [0.3, 0.4) is 0 Å². The van der Waals surface area contributed by atoms with Gasteiger partial charge < -0.3 is 19.9 Å². The first-order valence-electron chi connectivity index (χ1n) is 11.7. The van der Waals surface area contributed by atoms with Crippen LogP contribution in [0.25, 0.3) is 22.0 Å². The Morgan fingerprint density at radius 2 is 1.81 bits per heavy atom. The van der Waals surface area contributed by atoms with E-state index >= 15 is 0 Å². The quantitative estimate of drug-likeness (QED) is 0.354. The molecule has 0 saturated carbocycles. The van der Waals surface area contributed by atoms with Crippen LogP contribution in [0.4, 0.5) is 24.7 Å². The molecule has 3 heterocycles. The first-order valence-corrected chi connectivity index (χ1v) is 11.7. The third kappa shape index (κ3) is 5.36. The van der Waals surface area contributed by atoms with E-state index < -0.39 is 6.36 Å². The van der Waals surface area contributed by atoms with Gasteiger partial charge in [-0.3, -0.25) is 4.79 Å². The number of H-pyrrole nitrogens is 1. The molecule has 1 fully saturated rings. The van der Waals surface area contributed by atoms with Crippen LogP contribution in [0.1, 0.15) is 24.3 Å². The number of anilines is 2. The normalized spacial score (nSPS) is 15.2. The van der Waals surface area contributed by atoms with Crippen LogP contribution in [0, 0.1) is 0 Å². The maximum Gasteiger partial charge on any atom is 0.573 e. The summed E-state index contributed by atoms with van der Waals surface area (Å²) in [6.45, 7) is 2.15. The summed E-state index contributed by atoms with van der Waals surface area (Å²) < 4.78 is 42.2. The molecule has 1 saturated heterocycles. The minimum absolute atomic E-state index is 0.314. The van der Waals surface area contributed by atoms with Crippen LogP contribution < -0.4 is 15.6 Å². The number of fused-ring (bicyclic) bond motifs is 1. The minimum atomic E-state index is -4.80. The number of pyridine rings is 2. The van der Waals surface area contributed by atoms with Crippen molar-refractivity contribution in [3.8, 4) is 17.0 Å². The highest BCUT2D eigenvalue weighted by Gasteiger charge is 2.31. The molecule has 1 aliphatic heterocycles. The number of aromatic nitrogens is 2. The molecule has 2 N–H and O–H groups in total. The highest BCUT2D eigenvalue weighted by atomic mass is 19.4. The number of alkyl halides is 3. The Morgan fingerprint density at radius 3 is 2.53 bits per heavy atom. The van der Waals surface area contributed by atoms with Gasteiger partial charge in [0.2, 0.25) is 0 Å². The van der Waals surface area contributed by atoms with Crippen molar-refractivity contribution in [1.82, 2.24) is 14.9 Å². The molecule has 0 aliphatic carbocycles. The number of rotatable bonds is 5. The Kier molecular flexibility index (Phi) is 6.40. The largest absolute Gasteiger partial charge is 0.573 e. The highest BCUT2D eigenvalue weighted by Crippen LogP contribution is 2.32. The summed E-state index contributed by atoms with van der Waals surface area (Å²) >= 11 is 0. The fourth-order valence-corrected chi connectivity index (χ4v) is 4.62. The molecule has 0 atom stereocenters. The van der Waals surface area contributed by atoms with E-state index in [-0.39, 0.29) is 11.3 Å². The number of hydrogen-bond acceptors (Lipinski definition) is 5. The van der Waals surface area contributed by atoms with Crippen LogP contribution in [0.15, 0.2) is 71.7 Å². The van der Waals surface area contributed by atoms with E-state index in [9.17, 15) is 18.0 Å². The van der Waals surface area contributed by atoms with Gasteiger partial charge in [0, 0.05) is 17.4 Å². The maximum absolute atomic E-state index is 12.7. The Bertz CT molecular complexity index is 1430. The van der Waals surface area contributed by atoms with E-state index in [1.54, 1.807) is 18.2 Å². The van der Waals surface area contributed by atoms with Crippen LogP contribution >= 0.6 is 0 Å². The Hall–Kier alpha value is -3.85. The van der Waals surface area contributed by atoms with E-state index in [0.717, 1.165) is 31.6 Å². The molecule has 0 unspecified atom stereocenters. The molecule has 36 heavy (non-hydrogen) atoms. The molecule has 2 aromatic heterocycles. The van der Waals surface area contributed by atoms with Crippen molar-refractivity contribution in [2.75, 3.05) is 25.5 Å². The summed E-state index contributed by atoms with van der Waals surface area (Å²) in [6, 6.07) is 17.1. The van der Waals surface area contributed by atoms with Gasteiger partial charge in [-0.05, 0) is 86.2 Å². The second kappa shape index (κ2) is 9.66. The fraction of sp³-hybridized carbons (Fsp3) is 0.259. The van der Waals surface area contributed by atoms with E-state index in [4.69, 9.17) is 0 Å². The number of benzene rings is 2. The van der Waals surface area contributed by atoms with Crippen molar-refractivity contribution in [3.05, 3.63) is 82.8 Å². The van der Waals surface area contributed by atoms with Crippen LogP contribution in [-0.2, 0) is 0 Å². The summed E-state index contributed by atoms with van der Waals surface area (Å²) in [4.78, 5) is 22.3. The predicted molar refractivity (Wildman–Crippen MR) is 134 cm³/mol. The van der Waals surface area contributed by atoms with Crippen LogP contribution in [-0.4, -0.2) is 41.4 Å². The lowest BCUT2D eigenvalue weighted by atomic mass is 9.89. The number of nitrogens with one attached hydrogen (secondary N) is 2. The number of ether oxygens (including phenoxy) is 1. The SMILES string of the molecule is CN1CCC(c2ccc(Nc3nc(-c4cccc(OC(F)(F)F)c4)cc4cc[nH]c(=O)c34)cc2)CC1. The minimum Gasteiger partial charge on any atom is -0.406 e. The molecule has 5 rings (SSSR count). The average Bonchev–Trinajstić information content (AvgIpc) is 2.84. The van der Waals surface area contributed by atoms with Gasteiger partial charge in [0.05, 0.1) is 11.1 Å². The highest BCUT2D eigenvalue weighted by molar-refractivity contribution is 5.95. The van der Waals surface area contributed by atoms with Crippen molar-refractivity contribution in [2.45, 2.75) is 25.1 Å². The lowest BCUT2D eigenvalue weighted by molar-refractivity contribution is -0.274. The predicted octanol–water partition coefficient (Wildman–Crippen LogP) is 6.04. The summed E-state index contributed by atoms with van der Waals surface area (Å²) in [5.74, 6) is 0.497. The number of piperidine rings is 1. The van der Waals surface area contributed by atoms with Crippen molar-refractivity contribution < 1.29 is 17.9 Å². The van der Waals surface area contributed by atoms with Gasteiger partial charge in [0.15, 0.2) is 0 Å². The van der Waals surface area contributed by atoms with E-state index in [1.807, 2.05) is 12.1 Å². The Morgan fingerprint density at radius 1 is 1.06 bits per heavy atom. The zero-order valence-corrected chi connectivity index (χ0v) is 19.6. The Labute approximate surface area is 205 Å². The second-order valence-corrected chi connectivity index (χ2v) is 9.03. The van der Waals surface area contributed by atoms with Gasteiger partial charge in [-0.1, -0.05) is 24.3 Å². The van der Waals surface area contributed by atoms with Gasteiger partial charge in [0.1, 0.15) is 11.6 Å². The second-order valence-electron chi connectivity index (χ2n) is 9.03. The molecule has 0 amide bonds. The number of aromatic amines is 1. The van der Waals surface area contributed by atoms with E-state index in [2.05, 4.69) is 44.1 Å². The molecular weight excluding hydrogens is 469 g/mol. The summed E-state index contributed by atoms with van der Waals surface area (Å²) in [5.41, 5.74) is 2.56. The number of halogens is 3. The number of hydrogen-bond donors (Lipinski definition) is 2. The monoisotopic (exact) mass is 494 g/mol. The third-order valence-electron chi connectivity index (χ3n) is 6.48. The standard InChI is InChI=1S/C27H25F3N4O2/c1-34-13-10-18(11-14-34)17-5-7-21(8-6-17)32-25-24-20(9-12-31-26(24)35)16-23(33-25)19-3-2-4-22(15-19)36-27(28,29)30/h2-9,12,15-16,18H,10-11,13-14H2,1H3,(H,31,35)(H,32,33). The van der Waals surface area contributed by atoms with E-state index in [0.29, 0.717) is 33.8 Å². The molecule has 9 heteroatoms. The first kappa shape index (κ1) is 23.9. The molecule has 4 aromatic rings. The first-order chi connectivity index (χ1) is 17.2. The van der Waals surface area contributed by atoms with Gasteiger partial charge >= 0.3 is 6.36 Å². The molecule has 1 aliphatic rings. The van der Waals surface area contributed by atoms with Crippen LogP contribution in [0.5, 0.6) is 5.75 Å². The molecule has 186 valence electrons. The molecular formula is C27H25F3N4O2. The zero-order chi connectivity index (χ0) is 25.3. The van der Waals surface area contributed by atoms with Crippen molar-refractivity contribution in [2.24, 2.45) is 0 Å². The lowest BCUT2D eigenvalue weighted by Gasteiger charge is -2.29. The van der Waals surface area contributed by atoms with E-state index in [1.165, 1.54) is 30.0 Å². The van der Waals surface area contributed by atoms with Crippen molar-refractivity contribution >= 4 is 22.3 Å². The van der Waals surface area contributed by atoms with Crippen molar-refractivity contribution in [3.63, 3.8) is 0 Å². The summed E-state index contributed by atoms with van der Waals surface area (Å²) in [6.07, 6.45) is -1.04. The topological polar surface area (TPSA) is 70.2 Å². The lowest BCUT2D eigenvalue weighted by Crippen LogP contribution is -2.29. The fourth-order valence-electron chi connectivity index (χ4n) is 4.62. The van der Waals surface area contributed by atoms with Gasteiger partial charge in [-0.25, -0.2) is 4.98 Å². The van der Waals surface area contributed by atoms with Crippen molar-refractivity contribution in [1.29, 1.82) is 0 Å².